The van der Waals surface area contributed by atoms with E-state index < -0.39 is 12.0 Å². The van der Waals surface area contributed by atoms with Gasteiger partial charge in [-0.3, -0.25) is 9.69 Å². The Hall–Kier alpha value is 1.37. The number of carbonyl (C=O) groups is 1. The Morgan fingerprint density at radius 1 is 0.900 bits per heavy atom. The Bertz CT molecular complexity index is 226. The molecule has 0 aromatic carbocycles. The Labute approximate surface area is 164 Å². The third kappa shape index (κ3) is 12.0. The quantitative estimate of drug-likeness (QED) is 0.452. The van der Waals surface area contributed by atoms with Gasteiger partial charge in [0, 0.05) is 63.2 Å². The molecule has 1 heterocycles. The molecule has 6 nitrogen and oxygen atoms in total. The third-order valence-electron chi connectivity index (χ3n) is 2.83. The number of carboxylic acid groups (broad SMARTS) is 1. The first-order chi connectivity index (χ1) is 8.22. The number of carboxylic acids is 1. The van der Waals surface area contributed by atoms with E-state index in [9.17, 15) is 4.79 Å². The van der Waals surface area contributed by atoms with E-state index in [0.29, 0.717) is 26.2 Å². The van der Waals surface area contributed by atoms with Gasteiger partial charge in [-0.1, -0.05) is 0 Å². The fraction of sp³-hybridized carbons (Fsp3) is 0.909. The zero-order valence-corrected chi connectivity index (χ0v) is 20.4. The molecule has 1 aliphatic rings. The minimum atomic E-state index is -0.785. The van der Waals surface area contributed by atoms with E-state index in [1.54, 1.807) is 6.92 Å². The van der Waals surface area contributed by atoms with Crippen LogP contribution in [0.15, 0.2) is 0 Å². The zero-order chi connectivity index (χ0) is 12.5. The molecule has 1 N–H and O–H groups in total. The van der Waals surface area contributed by atoms with Crippen LogP contribution in [0.3, 0.4) is 0 Å². The predicted octanol–water partition coefficient (Wildman–Crippen LogP) is 0.889. The fourth-order valence-corrected chi connectivity index (χ4v) is 1.67. The number of aliphatic carboxylic acids is 1. The smallest absolute Gasteiger partial charge is 0.320 e. The van der Waals surface area contributed by atoms with Crippen LogP contribution in [0.5, 0.6) is 0 Å². The van der Waals surface area contributed by atoms with Crippen LogP contribution in [0.1, 0.15) is 6.92 Å². The molecular weight excluding hydrogens is 772 g/mol. The molecule has 0 spiro atoms. The van der Waals surface area contributed by atoms with Gasteiger partial charge in [-0.25, -0.2) is 0 Å². The van der Waals surface area contributed by atoms with Crippen molar-refractivity contribution in [1.82, 2.24) is 4.90 Å². The van der Waals surface area contributed by atoms with Crippen LogP contribution >= 0.6 is 0 Å². The molecule has 0 aromatic heterocycles. The molecule has 118 valence electrons. The summed E-state index contributed by atoms with van der Waals surface area (Å²) in [5, 5.41) is 22.0. The second kappa shape index (κ2) is 16.7. The topological polar surface area (TPSA) is 82.8 Å². The maximum Gasteiger partial charge on any atom is 0.320 e. The number of hydrogen-bond donors (Lipinski definition) is 1. The molecule has 20 heavy (non-hydrogen) atoms. The van der Waals surface area contributed by atoms with Crippen molar-refractivity contribution < 1.29 is 73.1 Å². The molecule has 1 aliphatic heterocycles. The average Bonchev–Trinajstić information content (AvgIpc) is 2.29. The molecular formula is C11H21N4O2W3-3. The van der Waals surface area contributed by atoms with Crippen molar-refractivity contribution >= 4 is 5.97 Å². The van der Waals surface area contributed by atoms with Gasteiger partial charge in [0.15, 0.2) is 0 Å². The molecule has 0 bridgehead atoms. The summed E-state index contributed by atoms with van der Waals surface area (Å²) in [5.41, 5.74) is 0. The molecule has 0 radical (unpaired) electrons. The van der Waals surface area contributed by atoms with Crippen LogP contribution in [-0.4, -0.2) is 74.4 Å². The van der Waals surface area contributed by atoms with Crippen molar-refractivity contribution in [3.05, 3.63) is 16.0 Å². The Kier molecular flexibility index (Phi) is 22.0. The molecule has 0 saturated carbocycles. The van der Waals surface area contributed by atoms with E-state index in [1.165, 1.54) is 0 Å². The van der Waals surface area contributed by atoms with Gasteiger partial charge in [-0.15, -0.1) is 13.1 Å². The maximum absolute atomic E-state index is 11.0. The Balaban J connectivity index is -0.000000963. The molecule has 0 aromatic rings. The summed E-state index contributed by atoms with van der Waals surface area (Å²) in [4.78, 5) is 12.9. The van der Waals surface area contributed by atoms with Gasteiger partial charge in [0.1, 0.15) is 6.04 Å². The minimum Gasteiger partial charge on any atom is -0.665 e. The SMILES string of the molecule is CC(C(=O)O)N1CC[N-]CC[N-]CC[N-]CC1.[W].[W].[W]. The van der Waals surface area contributed by atoms with Gasteiger partial charge in [-0.05, 0) is 20.0 Å². The Morgan fingerprint density at radius 2 is 1.25 bits per heavy atom. The van der Waals surface area contributed by atoms with Crippen molar-refractivity contribution in [1.29, 1.82) is 0 Å². The van der Waals surface area contributed by atoms with E-state index in [0.717, 1.165) is 26.2 Å². The minimum absolute atomic E-state index is 0. The summed E-state index contributed by atoms with van der Waals surface area (Å²) < 4.78 is 0. The monoisotopic (exact) mass is 793 g/mol. The second-order valence-corrected chi connectivity index (χ2v) is 4.06. The summed E-state index contributed by atoms with van der Waals surface area (Å²) in [7, 11) is 0. The van der Waals surface area contributed by atoms with Gasteiger partial charge >= 0.3 is 5.97 Å². The normalized spacial score (nSPS) is 19.9. The van der Waals surface area contributed by atoms with Gasteiger partial charge in [0.25, 0.3) is 0 Å². The van der Waals surface area contributed by atoms with Gasteiger partial charge in [0.2, 0.25) is 0 Å². The summed E-state index contributed by atoms with van der Waals surface area (Å²) in [5.74, 6) is -0.785. The van der Waals surface area contributed by atoms with Crippen molar-refractivity contribution in [3.8, 4) is 0 Å². The van der Waals surface area contributed by atoms with Crippen molar-refractivity contribution in [2.75, 3.05) is 52.4 Å². The molecule has 1 atom stereocenters. The molecule has 1 fully saturated rings. The van der Waals surface area contributed by atoms with Gasteiger partial charge < -0.3 is 21.1 Å². The molecule has 9 heteroatoms. The van der Waals surface area contributed by atoms with E-state index in [-0.39, 0.29) is 63.2 Å². The standard InChI is InChI=1S/C11H21N4O2.3W/c1-10(11(16)17)15-8-6-13-4-2-12-3-5-14-7-9-15;;;/h10H,2-9H2,1H3,(H,16,17);;;/q-3;;;. The molecule has 1 rings (SSSR count). The van der Waals surface area contributed by atoms with Crippen LogP contribution in [-0.2, 0) is 68.0 Å². The van der Waals surface area contributed by atoms with Crippen LogP contribution in [0.4, 0.5) is 0 Å². The predicted molar refractivity (Wildman–Crippen MR) is 67.9 cm³/mol. The van der Waals surface area contributed by atoms with Crippen LogP contribution in [0.2, 0.25) is 0 Å². The van der Waals surface area contributed by atoms with Gasteiger partial charge in [0.05, 0.1) is 0 Å². The van der Waals surface area contributed by atoms with E-state index >= 15 is 0 Å². The van der Waals surface area contributed by atoms with E-state index in [4.69, 9.17) is 5.11 Å². The summed E-state index contributed by atoms with van der Waals surface area (Å²) in [6.07, 6.45) is 0. The van der Waals surface area contributed by atoms with E-state index in [2.05, 4.69) is 16.0 Å². The first-order valence-electron chi connectivity index (χ1n) is 6.08. The molecule has 0 aliphatic carbocycles. The molecule has 0 amide bonds. The van der Waals surface area contributed by atoms with E-state index in [1.807, 2.05) is 4.90 Å². The first-order valence-corrected chi connectivity index (χ1v) is 6.08. The van der Waals surface area contributed by atoms with Crippen LogP contribution < -0.4 is 0 Å². The van der Waals surface area contributed by atoms with Crippen molar-refractivity contribution in [3.63, 3.8) is 0 Å². The average molecular weight is 793 g/mol. The van der Waals surface area contributed by atoms with Crippen LogP contribution in [0.25, 0.3) is 16.0 Å². The van der Waals surface area contributed by atoms with Crippen molar-refractivity contribution in [2.45, 2.75) is 13.0 Å². The number of hydrogen-bond acceptors (Lipinski definition) is 2. The zero-order valence-electron chi connectivity index (χ0n) is 11.6. The van der Waals surface area contributed by atoms with Gasteiger partial charge in [-0.2, -0.15) is 26.2 Å². The number of nitrogens with zero attached hydrogens (tertiary/aromatic N) is 4. The number of rotatable bonds is 2. The molecule has 1 saturated heterocycles. The largest absolute Gasteiger partial charge is 0.665 e. The van der Waals surface area contributed by atoms with Crippen LogP contribution in [0, 0.1) is 0 Å². The van der Waals surface area contributed by atoms with Crippen molar-refractivity contribution in [2.24, 2.45) is 0 Å². The second-order valence-electron chi connectivity index (χ2n) is 4.06. The first kappa shape index (κ1) is 26.3. The maximum atomic E-state index is 11.0. The Morgan fingerprint density at radius 3 is 1.60 bits per heavy atom. The fourth-order valence-electron chi connectivity index (χ4n) is 1.67. The summed E-state index contributed by atoms with van der Waals surface area (Å²) >= 11 is 0. The molecule has 1 unspecified atom stereocenters. The summed E-state index contributed by atoms with van der Waals surface area (Å²) in [6.45, 7) is 7.40. The third-order valence-corrected chi connectivity index (χ3v) is 2.83. The summed E-state index contributed by atoms with van der Waals surface area (Å²) in [6, 6.07) is -0.465.